The maximum Gasteiger partial charge on any atom is 0.228 e. The van der Waals surface area contributed by atoms with Crippen LogP contribution in [0.5, 0.6) is 11.6 Å². The number of hydrogen-bond acceptors (Lipinski definition) is 5. The van der Waals surface area contributed by atoms with Crippen molar-refractivity contribution in [3.05, 3.63) is 88.8 Å². The molecule has 0 aliphatic heterocycles. The summed E-state index contributed by atoms with van der Waals surface area (Å²) in [5, 5.41) is 7.38. The standard InChI is InChI=1S/C25H24FN5O2/c1-15-16(2)30-31(17(15)3)23-14-25(28-18(4)27-23)33-22-11-9-21(10-12-22)29-24(32)13-19-5-7-20(26)8-6-19/h5-12,14H,13H2,1-4H3,(H,29,32). The minimum atomic E-state index is -0.328. The Labute approximate surface area is 191 Å². The molecular weight excluding hydrogens is 421 g/mol. The van der Waals surface area contributed by atoms with Gasteiger partial charge >= 0.3 is 0 Å². The zero-order valence-electron chi connectivity index (χ0n) is 18.9. The van der Waals surface area contributed by atoms with Gasteiger partial charge in [-0.2, -0.15) is 10.1 Å². The van der Waals surface area contributed by atoms with Crippen molar-refractivity contribution in [1.29, 1.82) is 0 Å². The van der Waals surface area contributed by atoms with Crippen LogP contribution >= 0.6 is 0 Å². The number of rotatable bonds is 6. The molecule has 33 heavy (non-hydrogen) atoms. The first-order chi connectivity index (χ1) is 15.8. The first-order valence-corrected chi connectivity index (χ1v) is 10.5. The fraction of sp³-hybridized carbons (Fsp3) is 0.200. The number of nitrogens with one attached hydrogen (secondary N) is 1. The van der Waals surface area contributed by atoms with E-state index in [4.69, 9.17) is 4.74 Å². The van der Waals surface area contributed by atoms with Gasteiger partial charge in [-0.25, -0.2) is 14.1 Å². The summed E-state index contributed by atoms with van der Waals surface area (Å²) < 4.78 is 20.7. The Hall–Kier alpha value is -4.07. The molecule has 1 amide bonds. The maximum atomic E-state index is 13.0. The second-order valence-electron chi connectivity index (χ2n) is 7.80. The molecule has 0 saturated carbocycles. The van der Waals surface area contributed by atoms with Crippen molar-refractivity contribution in [2.75, 3.05) is 5.32 Å². The van der Waals surface area contributed by atoms with E-state index >= 15 is 0 Å². The molecule has 0 saturated heterocycles. The molecule has 2 aromatic carbocycles. The van der Waals surface area contributed by atoms with Gasteiger partial charge in [0.05, 0.1) is 12.1 Å². The number of nitrogens with zero attached hydrogens (tertiary/aromatic N) is 4. The Bertz CT molecular complexity index is 1300. The number of carbonyl (C=O) groups is 1. The highest BCUT2D eigenvalue weighted by molar-refractivity contribution is 5.92. The Kier molecular flexibility index (Phi) is 6.17. The van der Waals surface area contributed by atoms with Crippen LogP contribution in [0.2, 0.25) is 0 Å². The number of carbonyl (C=O) groups excluding carboxylic acids is 1. The molecule has 2 aromatic heterocycles. The number of aromatic nitrogens is 4. The van der Waals surface area contributed by atoms with Crippen LogP contribution in [0.1, 0.15) is 28.3 Å². The molecule has 0 aliphatic rings. The van der Waals surface area contributed by atoms with Crippen LogP contribution in [0.3, 0.4) is 0 Å². The quantitative estimate of drug-likeness (QED) is 0.451. The highest BCUT2D eigenvalue weighted by Crippen LogP contribution is 2.24. The third kappa shape index (κ3) is 5.23. The molecule has 168 valence electrons. The van der Waals surface area contributed by atoms with Crippen molar-refractivity contribution in [2.24, 2.45) is 0 Å². The molecule has 2 heterocycles. The molecule has 7 nitrogen and oxygen atoms in total. The number of halogens is 1. The smallest absolute Gasteiger partial charge is 0.228 e. The topological polar surface area (TPSA) is 81.9 Å². The van der Waals surface area contributed by atoms with Gasteiger partial charge in [-0.1, -0.05) is 12.1 Å². The molecule has 1 N–H and O–H groups in total. The first-order valence-electron chi connectivity index (χ1n) is 10.5. The molecule has 0 bridgehead atoms. The Morgan fingerprint density at radius 1 is 1.00 bits per heavy atom. The number of benzene rings is 2. The van der Waals surface area contributed by atoms with Gasteiger partial charge < -0.3 is 10.1 Å². The second kappa shape index (κ2) is 9.20. The first kappa shape index (κ1) is 22.1. The third-order valence-corrected chi connectivity index (χ3v) is 5.31. The van der Waals surface area contributed by atoms with Crippen LogP contribution in [0.4, 0.5) is 10.1 Å². The summed E-state index contributed by atoms with van der Waals surface area (Å²) in [6.07, 6.45) is 0.160. The van der Waals surface area contributed by atoms with Crippen molar-refractivity contribution >= 4 is 11.6 Å². The summed E-state index contributed by atoms with van der Waals surface area (Å²) in [5.74, 6) is 1.65. The summed E-state index contributed by atoms with van der Waals surface area (Å²) in [6.45, 7) is 7.79. The molecule has 0 spiro atoms. The Morgan fingerprint density at radius 3 is 2.33 bits per heavy atom. The molecule has 0 fully saturated rings. The summed E-state index contributed by atoms with van der Waals surface area (Å²) >= 11 is 0. The highest BCUT2D eigenvalue weighted by Gasteiger charge is 2.13. The van der Waals surface area contributed by atoms with E-state index in [2.05, 4.69) is 20.4 Å². The van der Waals surface area contributed by atoms with E-state index in [1.165, 1.54) is 12.1 Å². The van der Waals surface area contributed by atoms with Crippen LogP contribution in [0.25, 0.3) is 5.82 Å². The van der Waals surface area contributed by atoms with Crippen molar-refractivity contribution < 1.29 is 13.9 Å². The zero-order chi connectivity index (χ0) is 23.5. The average Bonchev–Trinajstić information content (AvgIpc) is 3.04. The van der Waals surface area contributed by atoms with Gasteiger partial charge in [0.25, 0.3) is 0 Å². The molecular formula is C25H24FN5O2. The molecule has 0 radical (unpaired) electrons. The molecule has 0 unspecified atom stereocenters. The van der Waals surface area contributed by atoms with E-state index in [0.717, 1.165) is 22.5 Å². The lowest BCUT2D eigenvalue weighted by atomic mass is 10.1. The van der Waals surface area contributed by atoms with Crippen LogP contribution in [-0.4, -0.2) is 25.7 Å². The SMILES string of the molecule is Cc1nc(Oc2ccc(NC(=O)Cc3ccc(F)cc3)cc2)cc(-n2nc(C)c(C)c2C)n1. The van der Waals surface area contributed by atoms with Gasteiger partial charge in [0.15, 0.2) is 5.82 Å². The van der Waals surface area contributed by atoms with E-state index in [1.807, 2.05) is 20.8 Å². The minimum Gasteiger partial charge on any atom is -0.439 e. The van der Waals surface area contributed by atoms with Crippen LogP contribution in [0, 0.1) is 33.5 Å². The van der Waals surface area contributed by atoms with E-state index in [1.54, 1.807) is 54.1 Å². The van der Waals surface area contributed by atoms with E-state index in [9.17, 15) is 9.18 Å². The van der Waals surface area contributed by atoms with E-state index < -0.39 is 0 Å². The summed E-state index contributed by atoms with van der Waals surface area (Å²) in [5.41, 5.74) is 4.44. The third-order valence-electron chi connectivity index (χ3n) is 5.31. The molecule has 8 heteroatoms. The van der Waals surface area contributed by atoms with Gasteiger partial charge in [0.1, 0.15) is 17.4 Å². The van der Waals surface area contributed by atoms with E-state index in [-0.39, 0.29) is 18.1 Å². The largest absolute Gasteiger partial charge is 0.439 e. The normalized spacial score (nSPS) is 10.8. The zero-order valence-corrected chi connectivity index (χ0v) is 18.9. The van der Waals surface area contributed by atoms with Gasteiger partial charge in [0, 0.05) is 17.4 Å². The van der Waals surface area contributed by atoms with Gasteiger partial charge in [-0.05, 0) is 75.2 Å². The predicted octanol–water partition coefficient (Wildman–Crippen LogP) is 5.01. The highest BCUT2D eigenvalue weighted by atomic mass is 19.1. The molecule has 0 atom stereocenters. The summed E-state index contributed by atoms with van der Waals surface area (Å²) in [4.78, 5) is 21.1. The van der Waals surface area contributed by atoms with Crippen molar-refractivity contribution in [3.63, 3.8) is 0 Å². The maximum absolute atomic E-state index is 13.0. The fourth-order valence-corrected chi connectivity index (χ4v) is 3.35. The number of ether oxygens (including phenoxy) is 1. The molecule has 0 aliphatic carbocycles. The number of amides is 1. The Morgan fingerprint density at radius 2 is 1.70 bits per heavy atom. The van der Waals surface area contributed by atoms with Gasteiger partial charge in [-0.3, -0.25) is 4.79 Å². The fourth-order valence-electron chi connectivity index (χ4n) is 3.35. The lowest BCUT2D eigenvalue weighted by Gasteiger charge is -2.10. The van der Waals surface area contributed by atoms with Crippen molar-refractivity contribution in [3.8, 4) is 17.4 Å². The molecule has 4 rings (SSSR count). The van der Waals surface area contributed by atoms with Gasteiger partial charge in [0.2, 0.25) is 11.8 Å². The predicted molar refractivity (Wildman–Crippen MR) is 123 cm³/mol. The van der Waals surface area contributed by atoms with Crippen LogP contribution in [-0.2, 0) is 11.2 Å². The average molecular weight is 445 g/mol. The monoisotopic (exact) mass is 445 g/mol. The summed E-state index contributed by atoms with van der Waals surface area (Å²) in [7, 11) is 0. The van der Waals surface area contributed by atoms with E-state index in [0.29, 0.717) is 29.0 Å². The number of aryl methyl sites for hydroxylation is 2. The number of hydrogen-bond donors (Lipinski definition) is 1. The van der Waals surface area contributed by atoms with Crippen molar-refractivity contribution in [1.82, 2.24) is 19.7 Å². The Balaban J connectivity index is 1.44. The van der Waals surface area contributed by atoms with Gasteiger partial charge in [-0.15, -0.1) is 0 Å². The molecule has 4 aromatic rings. The second-order valence-corrected chi connectivity index (χ2v) is 7.80. The number of anilines is 1. The summed E-state index contributed by atoms with van der Waals surface area (Å²) in [6, 6.07) is 14.6. The van der Waals surface area contributed by atoms with Crippen LogP contribution < -0.4 is 10.1 Å². The van der Waals surface area contributed by atoms with Crippen molar-refractivity contribution in [2.45, 2.75) is 34.1 Å². The lowest BCUT2D eigenvalue weighted by Crippen LogP contribution is -2.14. The van der Waals surface area contributed by atoms with Crippen LogP contribution in [0.15, 0.2) is 54.6 Å². The minimum absolute atomic E-state index is 0.160. The lowest BCUT2D eigenvalue weighted by molar-refractivity contribution is -0.115.